The van der Waals surface area contributed by atoms with Gasteiger partial charge in [-0.2, -0.15) is 5.10 Å². The molecule has 3 heterocycles. The molecule has 4 rings (SSSR count). The maximum atomic E-state index is 12.8. The van der Waals surface area contributed by atoms with Crippen molar-refractivity contribution in [3.63, 3.8) is 0 Å². The van der Waals surface area contributed by atoms with Crippen molar-refractivity contribution < 1.29 is 4.79 Å². The van der Waals surface area contributed by atoms with E-state index in [1.165, 1.54) is 0 Å². The molecule has 1 atom stereocenters. The Kier molecular flexibility index (Phi) is 4.93. The van der Waals surface area contributed by atoms with E-state index in [9.17, 15) is 4.79 Å². The molecule has 0 radical (unpaired) electrons. The first kappa shape index (κ1) is 16.7. The molecule has 1 aromatic heterocycles. The summed E-state index contributed by atoms with van der Waals surface area (Å²) in [4.78, 5) is 21.7. The molecule has 0 N–H and O–H groups in total. The number of benzene rings is 1. The van der Waals surface area contributed by atoms with Gasteiger partial charge in [-0.3, -0.25) is 9.69 Å². The van der Waals surface area contributed by atoms with Gasteiger partial charge in [0, 0.05) is 45.0 Å². The highest BCUT2D eigenvalue weighted by Gasteiger charge is 2.30. The minimum absolute atomic E-state index is 0.0264. The smallest absolute Gasteiger partial charge is 0.257 e. The van der Waals surface area contributed by atoms with Crippen LogP contribution in [-0.2, 0) is 4.79 Å². The SMILES string of the molecule is O=C(CN1CCN(c2ccccn2)CC1)N1N=CC[C@H]1c1ccccc1. The molecule has 2 aliphatic rings. The Labute approximate surface area is 153 Å². The number of rotatable bonds is 4. The van der Waals surface area contributed by atoms with Crippen LogP contribution in [0.4, 0.5) is 5.82 Å². The summed E-state index contributed by atoms with van der Waals surface area (Å²) in [5.74, 6) is 1.07. The number of piperazine rings is 1. The van der Waals surface area contributed by atoms with Crippen molar-refractivity contribution in [1.29, 1.82) is 0 Å². The average Bonchev–Trinajstić information content (AvgIpc) is 3.20. The first-order valence-electron chi connectivity index (χ1n) is 9.09. The van der Waals surface area contributed by atoms with Gasteiger partial charge in [0.15, 0.2) is 0 Å². The molecule has 6 heteroatoms. The van der Waals surface area contributed by atoms with Crippen LogP contribution < -0.4 is 4.90 Å². The first-order valence-corrected chi connectivity index (χ1v) is 9.09. The van der Waals surface area contributed by atoms with Crippen LogP contribution >= 0.6 is 0 Å². The van der Waals surface area contributed by atoms with Crippen LogP contribution in [0, 0.1) is 0 Å². The fraction of sp³-hybridized carbons (Fsp3) is 0.350. The summed E-state index contributed by atoms with van der Waals surface area (Å²) in [5.41, 5.74) is 1.14. The summed E-state index contributed by atoms with van der Waals surface area (Å²) in [7, 11) is 0. The molecule has 0 saturated carbocycles. The quantitative estimate of drug-likeness (QED) is 0.849. The van der Waals surface area contributed by atoms with E-state index in [-0.39, 0.29) is 11.9 Å². The Bertz CT molecular complexity index is 756. The van der Waals surface area contributed by atoms with Gasteiger partial charge in [0.25, 0.3) is 5.91 Å². The van der Waals surface area contributed by atoms with Crippen molar-refractivity contribution in [2.75, 3.05) is 37.6 Å². The fourth-order valence-corrected chi connectivity index (χ4v) is 3.55. The monoisotopic (exact) mass is 349 g/mol. The van der Waals surface area contributed by atoms with Gasteiger partial charge in [0.1, 0.15) is 5.82 Å². The number of carbonyl (C=O) groups excluding carboxylic acids is 1. The van der Waals surface area contributed by atoms with Crippen LogP contribution in [-0.4, -0.2) is 59.7 Å². The molecular weight excluding hydrogens is 326 g/mol. The lowest BCUT2D eigenvalue weighted by Crippen LogP contribution is -2.49. The summed E-state index contributed by atoms with van der Waals surface area (Å²) >= 11 is 0. The third kappa shape index (κ3) is 3.60. The zero-order chi connectivity index (χ0) is 17.8. The van der Waals surface area contributed by atoms with Gasteiger partial charge in [-0.15, -0.1) is 0 Å². The lowest BCUT2D eigenvalue weighted by atomic mass is 10.0. The Morgan fingerprint density at radius 2 is 1.77 bits per heavy atom. The summed E-state index contributed by atoms with van der Waals surface area (Å²) in [6, 6.07) is 16.1. The van der Waals surface area contributed by atoms with Gasteiger partial charge >= 0.3 is 0 Å². The van der Waals surface area contributed by atoms with E-state index in [0.29, 0.717) is 6.54 Å². The van der Waals surface area contributed by atoms with Crippen molar-refractivity contribution >= 4 is 17.9 Å². The van der Waals surface area contributed by atoms with Crippen LogP contribution in [0.25, 0.3) is 0 Å². The molecule has 1 amide bonds. The van der Waals surface area contributed by atoms with Crippen molar-refractivity contribution in [3.05, 3.63) is 60.3 Å². The molecular formula is C20H23N5O. The predicted octanol–water partition coefficient (Wildman–Crippen LogP) is 2.16. The summed E-state index contributed by atoms with van der Waals surface area (Å²) in [6.07, 6.45) is 4.44. The molecule has 2 aromatic rings. The number of nitrogens with zero attached hydrogens (tertiary/aromatic N) is 5. The van der Waals surface area contributed by atoms with Gasteiger partial charge in [0.05, 0.1) is 12.6 Å². The molecule has 0 spiro atoms. The second kappa shape index (κ2) is 7.66. The molecule has 0 bridgehead atoms. The molecule has 2 aliphatic heterocycles. The third-order valence-corrected chi connectivity index (χ3v) is 4.97. The van der Waals surface area contributed by atoms with E-state index < -0.39 is 0 Å². The number of amides is 1. The van der Waals surface area contributed by atoms with Gasteiger partial charge in [-0.05, 0) is 17.7 Å². The van der Waals surface area contributed by atoms with Crippen molar-refractivity contribution in [2.24, 2.45) is 5.10 Å². The number of hydrogen-bond donors (Lipinski definition) is 0. The lowest BCUT2D eigenvalue weighted by molar-refractivity contribution is -0.134. The second-order valence-corrected chi connectivity index (χ2v) is 6.65. The molecule has 1 aromatic carbocycles. The number of pyridine rings is 1. The summed E-state index contributed by atoms with van der Waals surface area (Å²) < 4.78 is 0. The van der Waals surface area contributed by atoms with E-state index in [1.54, 1.807) is 5.01 Å². The maximum absolute atomic E-state index is 12.8. The number of aromatic nitrogens is 1. The molecule has 1 saturated heterocycles. The van der Waals surface area contributed by atoms with Crippen molar-refractivity contribution in [2.45, 2.75) is 12.5 Å². The van der Waals surface area contributed by atoms with Gasteiger partial charge in [-0.25, -0.2) is 9.99 Å². The number of anilines is 1. The zero-order valence-electron chi connectivity index (χ0n) is 14.7. The zero-order valence-corrected chi connectivity index (χ0v) is 14.7. The van der Waals surface area contributed by atoms with E-state index in [2.05, 4.69) is 32.0 Å². The lowest BCUT2D eigenvalue weighted by Gasteiger charge is -2.35. The van der Waals surface area contributed by atoms with E-state index in [1.807, 2.05) is 48.8 Å². The highest BCUT2D eigenvalue weighted by molar-refractivity contribution is 5.81. The van der Waals surface area contributed by atoms with E-state index in [0.717, 1.165) is 44.0 Å². The third-order valence-electron chi connectivity index (χ3n) is 4.97. The summed E-state index contributed by atoms with van der Waals surface area (Å²) in [6.45, 7) is 3.90. The van der Waals surface area contributed by atoms with Crippen LogP contribution in [0.15, 0.2) is 59.8 Å². The van der Waals surface area contributed by atoms with E-state index >= 15 is 0 Å². The molecule has 6 nitrogen and oxygen atoms in total. The first-order chi connectivity index (χ1) is 12.8. The van der Waals surface area contributed by atoms with Crippen molar-refractivity contribution in [1.82, 2.24) is 14.9 Å². The average molecular weight is 349 g/mol. The number of carbonyl (C=O) groups is 1. The molecule has 0 aliphatic carbocycles. The minimum Gasteiger partial charge on any atom is -0.354 e. The Hall–Kier alpha value is -2.73. The standard InChI is InChI=1S/C20H23N5O/c26-20(25-18(9-11-22-25)17-6-2-1-3-7-17)16-23-12-14-24(15-13-23)19-8-4-5-10-21-19/h1-8,10-11,18H,9,12-16H2/t18-/m0/s1. The topological polar surface area (TPSA) is 52.0 Å². The number of hydrogen-bond acceptors (Lipinski definition) is 5. The van der Waals surface area contributed by atoms with Crippen LogP contribution in [0.2, 0.25) is 0 Å². The minimum atomic E-state index is 0.0264. The number of hydrazone groups is 1. The Morgan fingerprint density at radius 1 is 1.00 bits per heavy atom. The van der Waals surface area contributed by atoms with Crippen LogP contribution in [0.3, 0.4) is 0 Å². The molecule has 0 unspecified atom stereocenters. The highest BCUT2D eigenvalue weighted by Crippen LogP contribution is 2.28. The van der Waals surface area contributed by atoms with E-state index in [4.69, 9.17) is 0 Å². The van der Waals surface area contributed by atoms with Gasteiger partial charge in [0.2, 0.25) is 0 Å². The molecule has 1 fully saturated rings. The van der Waals surface area contributed by atoms with Gasteiger partial charge in [-0.1, -0.05) is 36.4 Å². The fourth-order valence-electron chi connectivity index (χ4n) is 3.55. The van der Waals surface area contributed by atoms with Crippen molar-refractivity contribution in [3.8, 4) is 0 Å². The largest absolute Gasteiger partial charge is 0.354 e. The Balaban J connectivity index is 1.33. The predicted molar refractivity (Wildman–Crippen MR) is 102 cm³/mol. The molecule has 134 valence electrons. The Morgan fingerprint density at radius 3 is 2.50 bits per heavy atom. The summed E-state index contributed by atoms with van der Waals surface area (Å²) in [5, 5.41) is 5.99. The maximum Gasteiger partial charge on any atom is 0.257 e. The van der Waals surface area contributed by atoms with Gasteiger partial charge < -0.3 is 4.90 Å². The molecule has 26 heavy (non-hydrogen) atoms. The second-order valence-electron chi connectivity index (χ2n) is 6.65. The van der Waals surface area contributed by atoms with Crippen LogP contribution in [0.5, 0.6) is 0 Å². The normalized spacial score (nSPS) is 20.5. The van der Waals surface area contributed by atoms with Crippen LogP contribution in [0.1, 0.15) is 18.0 Å². The highest BCUT2D eigenvalue weighted by atomic mass is 16.2.